The lowest BCUT2D eigenvalue weighted by Gasteiger charge is -2.41. The van der Waals surface area contributed by atoms with Crippen LogP contribution in [0.15, 0.2) is 53.9 Å². The minimum absolute atomic E-state index is 0.0370. The monoisotopic (exact) mass is 435 g/mol. The fraction of sp³-hybridized carbons (Fsp3) is 0.478. The summed E-state index contributed by atoms with van der Waals surface area (Å²) in [5, 5.41) is 6.08. The average molecular weight is 435 g/mol. The molecule has 1 unspecified atom stereocenters. The van der Waals surface area contributed by atoms with E-state index in [1.165, 1.54) is 17.7 Å². The highest BCUT2D eigenvalue weighted by Gasteiger charge is 2.39. The second kappa shape index (κ2) is 9.78. The lowest BCUT2D eigenvalue weighted by molar-refractivity contribution is -0.137. The molecule has 0 bridgehead atoms. The van der Waals surface area contributed by atoms with E-state index in [1.54, 1.807) is 0 Å². The van der Waals surface area contributed by atoms with Gasteiger partial charge in [-0.3, -0.25) is 4.90 Å². The first kappa shape index (κ1) is 23.2. The van der Waals surface area contributed by atoms with Crippen LogP contribution in [0, 0.1) is 11.8 Å². The molecule has 5 nitrogen and oxygen atoms in total. The molecule has 1 atom stereocenters. The molecule has 8 heteroatoms. The first-order valence-electron chi connectivity index (χ1n) is 10.4. The van der Waals surface area contributed by atoms with Gasteiger partial charge in [-0.2, -0.15) is 13.2 Å². The Morgan fingerprint density at radius 3 is 2.26 bits per heavy atom. The number of rotatable bonds is 8. The first-order valence-corrected chi connectivity index (χ1v) is 10.4. The maximum atomic E-state index is 12.8. The fourth-order valence-corrected chi connectivity index (χ4v) is 4.00. The molecule has 0 amide bonds. The van der Waals surface area contributed by atoms with E-state index < -0.39 is 17.3 Å². The van der Waals surface area contributed by atoms with E-state index in [9.17, 15) is 18.1 Å². The molecule has 0 aromatic heterocycles. The third-order valence-corrected chi connectivity index (χ3v) is 6.11. The summed E-state index contributed by atoms with van der Waals surface area (Å²) in [6, 6.07) is 13.5. The van der Waals surface area contributed by atoms with E-state index in [4.69, 9.17) is 4.84 Å². The molecule has 0 spiro atoms. The van der Waals surface area contributed by atoms with Gasteiger partial charge in [0.05, 0.1) is 5.56 Å². The van der Waals surface area contributed by atoms with Gasteiger partial charge in [-0.15, -0.1) is 4.91 Å². The number of hydrogen-bond acceptors (Lipinski definition) is 5. The highest BCUT2D eigenvalue weighted by molar-refractivity contribution is 5.26. The largest absolute Gasteiger partial charge is 0.416 e. The van der Waals surface area contributed by atoms with E-state index in [0.717, 1.165) is 23.3 Å². The third-order valence-electron chi connectivity index (χ3n) is 6.11. The molecule has 2 aromatic rings. The van der Waals surface area contributed by atoms with Gasteiger partial charge in [-0.05, 0) is 37.1 Å². The van der Waals surface area contributed by atoms with Gasteiger partial charge < -0.3 is 10.2 Å². The summed E-state index contributed by atoms with van der Waals surface area (Å²) >= 11 is 0. The Morgan fingerprint density at radius 1 is 1.10 bits per heavy atom. The van der Waals surface area contributed by atoms with Crippen molar-refractivity contribution in [3.8, 4) is 0 Å². The summed E-state index contributed by atoms with van der Waals surface area (Å²) in [6.07, 6.45) is -3.13. The van der Waals surface area contributed by atoms with Crippen molar-refractivity contribution in [1.29, 1.82) is 0 Å². The number of halogens is 3. The standard InChI is InChI=1S/C23H28F3N3O2/c1-17-3-5-19(6-4-17)15-27-16-22(31-28-30)11-13-29(14-12-22)18(2)20-7-9-21(10-8-20)23(24,25)26/h3-10,18,27H,11-16H2,1-2H3. The lowest BCUT2D eigenvalue weighted by atomic mass is 9.89. The Bertz CT molecular complexity index is 846. The van der Waals surface area contributed by atoms with Crippen molar-refractivity contribution in [2.75, 3.05) is 19.6 Å². The second-order valence-electron chi connectivity index (χ2n) is 8.27. The van der Waals surface area contributed by atoms with Crippen molar-refractivity contribution in [2.24, 2.45) is 5.34 Å². The van der Waals surface area contributed by atoms with Gasteiger partial charge in [-0.1, -0.05) is 42.0 Å². The van der Waals surface area contributed by atoms with Crippen LogP contribution in [-0.2, 0) is 17.6 Å². The molecule has 1 saturated heterocycles. The Labute approximate surface area is 180 Å². The second-order valence-corrected chi connectivity index (χ2v) is 8.27. The zero-order valence-corrected chi connectivity index (χ0v) is 17.8. The molecule has 1 N–H and O–H groups in total. The number of nitrogens with zero attached hydrogens (tertiary/aromatic N) is 2. The van der Waals surface area contributed by atoms with Crippen molar-refractivity contribution >= 4 is 0 Å². The van der Waals surface area contributed by atoms with Crippen LogP contribution in [0.2, 0.25) is 0 Å². The predicted octanol–water partition coefficient (Wildman–Crippen LogP) is 5.40. The molecular formula is C23H28F3N3O2. The first-order chi connectivity index (χ1) is 14.7. The molecule has 0 saturated carbocycles. The smallest absolute Gasteiger partial charge is 0.356 e. The molecule has 0 radical (unpaired) electrons. The lowest BCUT2D eigenvalue weighted by Crippen LogP contribution is -2.51. The highest BCUT2D eigenvalue weighted by Crippen LogP contribution is 2.33. The summed E-state index contributed by atoms with van der Waals surface area (Å²) in [7, 11) is 0. The number of piperidine rings is 1. The summed E-state index contributed by atoms with van der Waals surface area (Å²) in [6.45, 7) is 6.48. The van der Waals surface area contributed by atoms with Crippen LogP contribution in [0.5, 0.6) is 0 Å². The molecule has 3 rings (SSSR count). The van der Waals surface area contributed by atoms with Crippen LogP contribution in [0.3, 0.4) is 0 Å². The third kappa shape index (κ3) is 6.04. The predicted molar refractivity (Wildman–Crippen MR) is 113 cm³/mol. The van der Waals surface area contributed by atoms with Crippen molar-refractivity contribution < 1.29 is 18.0 Å². The van der Waals surface area contributed by atoms with Crippen molar-refractivity contribution in [3.63, 3.8) is 0 Å². The zero-order chi connectivity index (χ0) is 22.5. The number of nitrogens with one attached hydrogen (secondary N) is 1. The Morgan fingerprint density at radius 2 is 1.71 bits per heavy atom. The molecule has 1 aliphatic rings. The number of benzene rings is 2. The molecule has 2 aromatic carbocycles. The minimum Gasteiger partial charge on any atom is -0.356 e. The maximum absolute atomic E-state index is 12.8. The van der Waals surface area contributed by atoms with Gasteiger partial charge in [-0.25, -0.2) is 0 Å². The Kier molecular flexibility index (Phi) is 7.33. The quantitative estimate of drug-likeness (QED) is 0.446. The molecule has 0 aliphatic carbocycles. The highest BCUT2D eigenvalue weighted by atomic mass is 19.4. The summed E-state index contributed by atoms with van der Waals surface area (Å²) in [4.78, 5) is 18.4. The summed E-state index contributed by atoms with van der Waals surface area (Å²) < 4.78 is 38.4. The molecule has 1 aliphatic heterocycles. The number of alkyl halides is 3. The van der Waals surface area contributed by atoms with Gasteiger partial charge in [0.1, 0.15) is 0 Å². The van der Waals surface area contributed by atoms with E-state index in [1.807, 2.05) is 13.8 Å². The van der Waals surface area contributed by atoms with Crippen LogP contribution < -0.4 is 5.32 Å². The van der Waals surface area contributed by atoms with Gasteiger partial charge in [0, 0.05) is 45.1 Å². The van der Waals surface area contributed by atoms with E-state index in [2.05, 4.69) is 39.8 Å². The van der Waals surface area contributed by atoms with Crippen LogP contribution in [-0.4, -0.2) is 30.1 Å². The molecule has 1 fully saturated rings. The minimum atomic E-state index is -4.34. The van der Waals surface area contributed by atoms with Crippen LogP contribution in [0.1, 0.15) is 48.1 Å². The molecule has 168 valence electrons. The van der Waals surface area contributed by atoms with Crippen molar-refractivity contribution in [1.82, 2.24) is 10.2 Å². The summed E-state index contributed by atoms with van der Waals surface area (Å²) in [5.74, 6) is 0. The molecule has 1 heterocycles. The Hall–Kier alpha value is -2.45. The molecular weight excluding hydrogens is 407 g/mol. The van der Waals surface area contributed by atoms with Gasteiger partial charge in [0.2, 0.25) is 0 Å². The van der Waals surface area contributed by atoms with Crippen LogP contribution in [0.4, 0.5) is 13.2 Å². The van der Waals surface area contributed by atoms with Gasteiger partial charge in [0.25, 0.3) is 0 Å². The maximum Gasteiger partial charge on any atom is 0.416 e. The normalized spacial score (nSPS) is 17.8. The van der Waals surface area contributed by atoms with Crippen LogP contribution >= 0.6 is 0 Å². The van der Waals surface area contributed by atoms with E-state index in [0.29, 0.717) is 39.0 Å². The topological polar surface area (TPSA) is 53.9 Å². The van der Waals surface area contributed by atoms with Gasteiger partial charge >= 0.3 is 6.18 Å². The van der Waals surface area contributed by atoms with Crippen molar-refractivity contribution in [2.45, 2.75) is 51.1 Å². The number of likely N-dealkylation sites (tertiary alicyclic amines) is 1. The van der Waals surface area contributed by atoms with Gasteiger partial charge in [0.15, 0.2) is 10.9 Å². The van der Waals surface area contributed by atoms with Crippen LogP contribution in [0.25, 0.3) is 0 Å². The SMILES string of the molecule is Cc1ccc(CNCC2(ON=O)CCN(C(C)c3ccc(C(F)(F)F)cc3)CC2)cc1. The zero-order valence-electron chi connectivity index (χ0n) is 17.8. The van der Waals surface area contributed by atoms with E-state index >= 15 is 0 Å². The number of hydrogen-bond donors (Lipinski definition) is 1. The Balaban J connectivity index is 1.56. The van der Waals surface area contributed by atoms with E-state index in [-0.39, 0.29) is 6.04 Å². The fourth-order valence-electron chi connectivity index (χ4n) is 4.00. The average Bonchev–Trinajstić information content (AvgIpc) is 2.75. The summed E-state index contributed by atoms with van der Waals surface area (Å²) in [5.41, 5.74) is 1.85. The number of aryl methyl sites for hydroxylation is 1. The molecule has 31 heavy (non-hydrogen) atoms. The van der Waals surface area contributed by atoms with Crippen molar-refractivity contribution in [3.05, 3.63) is 75.7 Å².